The van der Waals surface area contributed by atoms with Crippen molar-refractivity contribution >= 4 is 33.4 Å². The number of carbonyl (C=O) groups is 2. The third-order valence-electron chi connectivity index (χ3n) is 3.55. The van der Waals surface area contributed by atoms with E-state index < -0.39 is 6.10 Å². The molecular weight excluding hydrogens is 350 g/mol. The van der Waals surface area contributed by atoms with E-state index in [1.165, 1.54) is 0 Å². The van der Waals surface area contributed by atoms with Crippen LogP contribution in [-0.4, -0.2) is 37.1 Å². The van der Waals surface area contributed by atoms with Gasteiger partial charge in [0.2, 0.25) is 11.8 Å². The van der Waals surface area contributed by atoms with Crippen molar-refractivity contribution in [2.75, 3.05) is 18.4 Å². The van der Waals surface area contributed by atoms with E-state index >= 15 is 0 Å². The summed E-state index contributed by atoms with van der Waals surface area (Å²) in [6, 6.07) is 5.57. The Morgan fingerprint density at radius 3 is 2.82 bits per heavy atom. The summed E-state index contributed by atoms with van der Waals surface area (Å²) in [5.41, 5.74) is 7.17. The minimum atomic E-state index is -0.504. The number of halogens is 1. The maximum absolute atomic E-state index is 11.9. The van der Waals surface area contributed by atoms with E-state index in [0.29, 0.717) is 13.0 Å². The third kappa shape index (κ3) is 4.53. The summed E-state index contributed by atoms with van der Waals surface area (Å²) in [4.78, 5) is 23.8. The zero-order valence-electron chi connectivity index (χ0n) is 12.4. The molecule has 1 aromatic carbocycles. The smallest absolute Gasteiger partial charge is 0.249 e. The molecule has 0 aliphatic carbocycles. The molecule has 0 bridgehead atoms. The van der Waals surface area contributed by atoms with Crippen LogP contribution in [0.2, 0.25) is 0 Å². The second-order valence-corrected chi connectivity index (χ2v) is 6.20. The molecule has 0 radical (unpaired) electrons. The SMILES string of the molecule is Cc1cc(Br)ccc1NC(=O)CNC(=O)[C@@H]1CC[C@H](CN)O1. The van der Waals surface area contributed by atoms with Crippen molar-refractivity contribution in [2.24, 2.45) is 5.73 Å². The molecule has 0 spiro atoms. The molecule has 2 amide bonds. The maximum Gasteiger partial charge on any atom is 0.249 e. The summed E-state index contributed by atoms with van der Waals surface area (Å²) >= 11 is 3.37. The Morgan fingerprint density at radius 2 is 2.18 bits per heavy atom. The van der Waals surface area contributed by atoms with Crippen molar-refractivity contribution in [1.29, 1.82) is 0 Å². The highest BCUT2D eigenvalue weighted by atomic mass is 79.9. The highest BCUT2D eigenvalue weighted by Gasteiger charge is 2.29. The summed E-state index contributed by atoms with van der Waals surface area (Å²) in [6.45, 7) is 2.23. The van der Waals surface area contributed by atoms with Gasteiger partial charge in [-0.1, -0.05) is 15.9 Å². The molecule has 0 aromatic heterocycles. The Labute approximate surface area is 137 Å². The summed E-state index contributed by atoms with van der Waals surface area (Å²) in [6.07, 6.45) is 0.853. The van der Waals surface area contributed by atoms with Gasteiger partial charge in [-0.15, -0.1) is 0 Å². The lowest BCUT2D eigenvalue weighted by atomic mass is 10.2. The van der Waals surface area contributed by atoms with Gasteiger partial charge in [0.15, 0.2) is 0 Å². The molecule has 6 nitrogen and oxygen atoms in total. The lowest BCUT2D eigenvalue weighted by molar-refractivity contribution is -0.133. The molecule has 2 atom stereocenters. The number of carbonyl (C=O) groups excluding carboxylic acids is 2. The van der Waals surface area contributed by atoms with Crippen LogP contribution in [0.1, 0.15) is 18.4 Å². The Hall–Kier alpha value is -1.44. The van der Waals surface area contributed by atoms with E-state index in [1.54, 1.807) is 0 Å². The molecule has 22 heavy (non-hydrogen) atoms. The number of nitrogens with two attached hydrogens (primary N) is 1. The summed E-state index contributed by atoms with van der Waals surface area (Å²) in [5.74, 6) is -0.536. The van der Waals surface area contributed by atoms with Gasteiger partial charge in [-0.25, -0.2) is 0 Å². The summed E-state index contributed by atoms with van der Waals surface area (Å²) in [7, 11) is 0. The molecule has 0 unspecified atom stereocenters. The van der Waals surface area contributed by atoms with Crippen molar-refractivity contribution < 1.29 is 14.3 Å². The second-order valence-electron chi connectivity index (χ2n) is 5.29. The fourth-order valence-electron chi connectivity index (χ4n) is 2.31. The molecule has 120 valence electrons. The molecule has 7 heteroatoms. The Bertz CT molecular complexity index is 565. The van der Waals surface area contributed by atoms with Gasteiger partial charge in [0.25, 0.3) is 0 Å². The van der Waals surface area contributed by atoms with Crippen LogP contribution in [0.4, 0.5) is 5.69 Å². The fourth-order valence-corrected chi connectivity index (χ4v) is 2.79. The van der Waals surface area contributed by atoms with Crippen molar-refractivity contribution in [3.05, 3.63) is 28.2 Å². The van der Waals surface area contributed by atoms with E-state index in [4.69, 9.17) is 10.5 Å². The Kier molecular flexibility index (Phi) is 5.93. The molecule has 1 saturated heterocycles. The second kappa shape index (κ2) is 7.71. The van der Waals surface area contributed by atoms with Gasteiger partial charge in [-0.2, -0.15) is 0 Å². The van der Waals surface area contributed by atoms with Gasteiger partial charge < -0.3 is 21.1 Å². The van der Waals surface area contributed by atoms with Crippen LogP contribution < -0.4 is 16.4 Å². The van der Waals surface area contributed by atoms with Gasteiger partial charge in [0.05, 0.1) is 12.6 Å². The van der Waals surface area contributed by atoms with Gasteiger partial charge in [-0.05, 0) is 43.5 Å². The number of ether oxygens (including phenoxy) is 1. The van der Waals surface area contributed by atoms with Crippen LogP contribution in [-0.2, 0) is 14.3 Å². The summed E-state index contributed by atoms with van der Waals surface area (Å²) in [5, 5.41) is 5.36. The maximum atomic E-state index is 11.9. The van der Waals surface area contributed by atoms with Gasteiger partial charge in [0, 0.05) is 16.7 Å². The average Bonchev–Trinajstić information content (AvgIpc) is 2.97. The first-order chi connectivity index (χ1) is 10.5. The van der Waals surface area contributed by atoms with Gasteiger partial charge >= 0.3 is 0 Å². The van der Waals surface area contributed by atoms with Crippen LogP contribution in [0.25, 0.3) is 0 Å². The zero-order valence-corrected chi connectivity index (χ0v) is 14.0. The number of rotatable bonds is 5. The predicted molar refractivity (Wildman–Crippen MR) is 87.5 cm³/mol. The Morgan fingerprint density at radius 1 is 1.41 bits per heavy atom. The largest absolute Gasteiger partial charge is 0.364 e. The van der Waals surface area contributed by atoms with Crippen molar-refractivity contribution in [3.8, 4) is 0 Å². The molecule has 4 N–H and O–H groups in total. The molecular formula is C15H20BrN3O3. The van der Waals surface area contributed by atoms with Crippen LogP contribution in [0, 0.1) is 6.92 Å². The third-order valence-corrected chi connectivity index (χ3v) is 4.04. The standard InChI is InChI=1S/C15H20BrN3O3/c1-9-6-10(16)2-4-12(9)19-14(20)8-18-15(21)13-5-3-11(7-17)22-13/h2,4,6,11,13H,3,5,7-8,17H2,1H3,(H,18,21)(H,19,20)/t11-,13+/m1/s1. The number of aryl methyl sites for hydroxylation is 1. The minimum absolute atomic E-state index is 0.0602. The highest BCUT2D eigenvalue weighted by molar-refractivity contribution is 9.10. The van der Waals surface area contributed by atoms with Crippen LogP contribution in [0.3, 0.4) is 0 Å². The number of amides is 2. The minimum Gasteiger partial charge on any atom is -0.364 e. The van der Waals surface area contributed by atoms with Crippen molar-refractivity contribution in [1.82, 2.24) is 5.32 Å². The Balaban J connectivity index is 1.79. The molecule has 1 aromatic rings. The first-order valence-corrected chi connectivity index (χ1v) is 7.98. The number of anilines is 1. The van der Waals surface area contributed by atoms with E-state index in [9.17, 15) is 9.59 Å². The predicted octanol–water partition coefficient (Wildman–Crippen LogP) is 1.32. The molecule has 1 heterocycles. The van der Waals surface area contributed by atoms with E-state index in [1.807, 2.05) is 25.1 Å². The first kappa shape index (κ1) is 16.9. The van der Waals surface area contributed by atoms with E-state index in [-0.39, 0.29) is 24.5 Å². The molecule has 1 aliphatic rings. The summed E-state index contributed by atoms with van der Waals surface area (Å²) < 4.78 is 6.43. The van der Waals surface area contributed by atoms with Crippen LogP contribution in [0.15, 0.2) is 22.7 Å². The van der Waals surface area contributed by atoms with Gasteiger partial charge in [0.1, 0.15) is 6.10 Å². The quantitative estimate of drug-likeness (QED) is 0.729. The van der Waals surface area contributed by atoms with Crippen LogP contribution in [0.5, 0.6) is 0 Å². The number of nitrogens with one attached hydrogen (secondary N) is 2. The highest BCUT2D eigenvalue weighted by Crippen LogP contribution is 2.20. The van der Waals surface area contributed by atoms with Crippen LogP contribution >= 0.6 is 15.9 Å². The van der Waals surface area contributed by atoms with E-state index in [2.05, 4.69) is 26.6 Å². The molecule has 1 fully saturated rings. The monoisotopic (exact) mass is 369 g/mol. The zero-order chi connectivity index (χ0) is 16.1. The average molecular weight is 370 g/mol. The normalized spacial score (nSPS) is 20.7. The molecule has 2 rings (SSSR count). The number of hydrogen-bond acceptors (Lipinski definition) is 4. The number of hydrogen-bond donors (Lipinski definition) is 3. The fraction of sp³-hybridized carbons (Fsp3) is 0.467. The van der Waals surface area contributed by atoms with Crippen molar-refractivity contribution in [2.45, 2.75) is 32.0 Å². The van der Waals surface area contributed by atoms with Gasteiger partial charge in [-0.3, -0.25) is 9.59 Å². The van der Waals surface area contributed by atoms with Crippen molar-refractivity contribution in [3.63, 3.8) is 0 Å². The lowest BCUT2D eigenvalue weighted by Crippen LogP contribution is -2.39. The molecule has 0 saturated carbocycles. The lowest BCUT2D eigenvalue weighted by Gasteiger charge is -2.13. The van der Waals surface area contributed by atoms with E-state index in [0.717, 1.165) is 22.1 Å². The topological polar surface area (TPSA) is 93.5 Å². The number of benzene rings is 1. The molecule has 1 aliphatic heterocycles. The first-order valence-electron chi connectivity index (χ1n) is 7.19.